The van der Waals surface area contributed by atoms with Gasteiger partial charge in [0, 0.05) is 30.1 Å². The van der Waals surface area contributed by atoms with Gasteiger partial charge in [-0.05, 0) is 56.1 Å². The second-order valence-electron chi connectivity index (χ2n) is 6.76. The van der Waals surface area contributed by atoms with Gasteiger partial charge in [-0.3, -0.25) is 0 Å². The van der Waals surface area contributed by atoms with Crippen molar-refractivity contribution in [3.63, 3.8) is 0 Å². The van der Waals surface area contributed by atoms with E-state index in [1.54, 1.807) is 0 Å². The van der Waals surface area contributed by atoms with Crippen molar-refractivity contribution in [3.05, 3.63) is 60.0 Å². The second kappa shape index (κ2) is 7.14. The number of aromatic nitrogens is 2. The molecular weight excluding hydrogens is 337 g/mol. The number of rotatable bonds is 3. The SMILES string of the molecule is Cc1c(-c2ccc(CC3(F)CCNCC3)cc2)ccc2nccn12.Cl. The number of halogens is 2. The zero-order valence-corrected chi connectivity index (χ0v) is 15.2. The minimum Gasteiger partial charge on any atom is -0.316 e. The van der Waals surface area contributed by atoms with Crippen LogP contribution in [0.25, 0.3) is 16.8 Å². The van der Waals surface area contributed by atoms with Gasteiger partial charge < -0.3 is 9.72 Å². The van der Waals surface area contributed by atoms with Crippen molar-refractivity contribution in [3.8, 4) is 11.1 Å². The number of benzene rings is 1. The highest BCUT2D eigenvalue weighted by Crippen LogP contribution is 2.29. The average molecular weight is 360 g/mol. The topological polar surface area (TPSA) is 29.3 Å². The van der Waals surface area contributed by atoms with Gasteiger partial charge in [0.25, 0.3) is 0 Å². The van der Waals surface area contributed by atoms with Gasteiger partial charge in [0.2, 0.25) is 0 Å². The summed E-state index contributed by atoms with van der Waals surface area (Å²) in [6.45, 7) is 3.65. The summed E-state index contributed by atoms with van der Waals surface area (Å²) in [7, 11) is 0. The molecule has 1 N–H and O–H groups in total. The summed E-state index contributed by atoms with van der Waals surface area (Å²) in [4.78, 5) is 4.32. The van der Waals surface area contributed by atoms with E-state index in [1.165, 1.54) is 5.56 Å². The molecule has 0 amide bonds. The smallest absolute Gasteiger partial charge is 0.136 e. The molecule has 1 aliphatic rings. The summed E-state index contributed by atoms with van der Waals surface area (Å²) < 4.78 is 16.9. The van der Waals surface area contributed by atoms with E-state index in [1.807, 2.05) is 18.5 Å². The molecule has 3 aromatic rings. The van der Waals surface area contributed by atoms with Crippen molar-refractivity contribution in [1.82, 2.24) is 14.7 Å². The van der Waals surface area contributed by atoms with Crippen LogP contribution >= 0.6 is 12.4 Å². The largest absolute Gasteiger partial charge is 0.316 e. The van der Waals surface area contributed by atoms with Gasteiger partial charge in [-0.1, -0.05) is 24.3 Å². The first kappa shape index (κ1) is 17.9. The fourth-order valence-corrected chi connectivity index (χ4v) is 3.65. The predicted molar refractivity (Wildman–Crippen MR) is 102 cm³/mol. The lowest BCUT2D eigenvalue weighted by molar-refractivity contribution is 0.116. The number of alkyl halides is 1. The number of imidazole rings is 1. The van der Waals surface area contributed by atoms with Crippen molar-refractivity contribution in [2.75, 3.05) is 13.1 Å². The number of nitrogens with zero attached hydrogens (tertiary/aromatic N) is 2. The van der Waals surface area contributed by atoms with Crippen LogP contribution in [0.5, 0.6) is 0 Å². The molecule has 2 aromatic heterocycles. The fourth-order valence-electron chi connectivity index (χ4n) is 3.65. The molecule has 1 aliphatic heterocycles. The minimum atomic E-state index is -1.06. The number of aryl methyl sites for hydroxylation is 1. The molecule has 1 fully saturated rings. The van der Waals surface area contributed by atoms with Crippen LogP contribution in [0.4, 0.5) is 4.39 Å². The number of piperidine rings is 1. The van der Waals surface area contributed by atoms with Gasteiger partial charge >= 0.3 is 0 Å². The van der Waals surface area contributed by atoms with Crippen molar-refractivity contribution in [2.24, 2.45) is 0 Å². The normalized spacial score (nSPS) is 16.6. The summed E-state index contributed by atoms with van der Waals surface area (Å²) >= 11 is 0. The van der Waals surface area contributed by atoms with Crippen LogP contribution in [0, 0.1) is 6.92 Å². The summed E-state index contributed by atoms with van der Waals surface area (Å²) in [5.41, 5.74) is 4.48. The van der Waals surface area contributed by atoms with E-state index < -0.39 is 5.67 Å². The summed E-state index contributed by atoms with van der Waals surface area (Å²) in [6, 6.07) is 12.5. The summed E-state index contributed by atoms with van der Waals surface area (Å²) in [5.74, 6) is 0. The highest BCUT2D eigenvalue weighted by Gasteiger charge is 2.31. The third kappa shape index (κ3) is 3.55. The lowest BCUT2D eigenvalue weighted by Gasteiger charge is -2.30. The van der Waals surface area contributed by atoms with Crippen molar-refractivity contribution < 1.29 is 4.39 Å². The number of hydrogen-bond acceptors (Lipinski definition) is 2. The van der Waals surface area contributed by atoms with Crippen LogP contribution in [-0.2, 0) is 6.42 Å². The highest BCUT2D eigenvalue weighted by molar-refractivity contribution is 5.85. The van der Waals surface area contributed by atoms with Gasteiger partial charge in [-0.15, -0.1) is 12.4 Å². The van der Waals surface area contributed by atoms with Gasteiger partial charge in [0.1, 0.15) is 11.3 Å². The van der Waals surface area contributed by atoms with Crippen LogP contribution in [0.1, 0.15) is 24.1 Å². The molecule has 5 heteroatoms. The molecule has 4 rings (SSSR count). The van der Waals surface area contributed by atoms with Crippen molar-refractivity contribution in [2.45, 2.75) is 31.9 Å². The first-order chi connectivity index (χ1) is 11.6. The Kier molecular flexibility index (Phi) is 5.11. The van der Waals surface area contributed by atoms with E-state index in [9.17, 15) is 4.39 Å². The summed E-state index contributed by atoms with van der Waals surface area (Å²) in [5, 5.41) is 3.23. The van der Waals surface area contributed by atoms with E-state index in [0.717, 1.165) is 35.6 Å². The molecule has 1 aromatic carbocycles. The first-order valence-corrected chi connectivity index (χ1v) is 8.56. The van der Waals surface area contributed by atoms with Crippen LogP contribution in [0.15, 0.2) is 48.8 Å². The van der Waals surface area contributed by atoms with E-state index in [-0.39, 0.29) is 12.4 Å². The first-order valence-electron chi connectivity index (χ1n) is 8.56. The number of pyridine rings is 1. The molecule has 0 radical (unpaired) electrons. The summed E-state index contributed by atoms with van der Waals surface area (Å²) in [6.07, 6.45) is 5.51. The minimum absolute atomic E-state index is 0. The molecule has 3 heterocycles. The van der Waals surface area contributed by atoms with E-state index >= 15 is 0 Å². The number of hydrogen-bond donors (Lipinski definition) is 1. The predicted octanol–water partition coefficient (Wildman–Crippen LogP) is 4.37. The highest BCUT2D eigenvalue weighted by atomic mass is 35.5. The van der Waals surface area contributed by atoms with Crippen LogP contribution < -0.4 is 5.32 Å². The van der Waals surface area contributed by atoms with Crippen LogP contribution in [0.2, 0.25) is 0 Å². The second-order valence-corrected chi connectivity index (χ2v) is 6.76. The Morgan fingerprint density at radius 3 is 2.56 bits per heavy atom. The molecule has 3 nitrogen and oxygen atoms in total. The lowest BCUT2D eigenvalue weighted by Crippen LogP contribution is -2.40. The lowest BCUT2D eigenvalue weighted by atomic mass is 9.87. The van der Waals surface area contributed by atoms with Crippen molar-refractivity contribution >= 4 is 18.1 Å². The molecule has 0 aliphatic carbocycles. The maximum absolute atomic E-state index is 14.8. The monoisotopic (exact) mass is 359 g/mol. The number of nitrogens with one attached hydrogen (secondary N) is 1. The van der Waals surface area contributed by atoms with Crippen LogP contribution in [-0.4, -0.2) is 28.1 Å². The third-order valence-corrected chi connectivity index (χ3v) is 5.11. The molecule has 0 spiro atoms. The molecule has 132 valence electrons. The molecule has 1 saturated heterocycles. The molecule has 0 atom stereocenters. The van der Waals surface area contributed by atoms with Crippen molar-refractivity contribution in [1.29, 1.82) is 0 Å². The molecule has 25 heavy (non-hydrogen) atoms. The Morgan fingerprint density at radius 2 is 1.84 bits per heavy atom. The Balaban J connectivity index is 0.00000182. The number of fused-ring (bicyclic) bond motifs is 1. The average Bonchev–Trinajstić information content (AvgIpc) is 3.06. The zero-order chi connectivity index (χ0) is 16.6. The van der Waals surface area contributed by atoms with E-state index in [2.05, 4.69) is 52.0 Å². The van der Waals surface area contributed by atoms with Crippen LogP contribution in [0.3, 0.4) is 0 Å². The fraction of sp³-hybridized carbons (Fsp3) is 0.350. The maximum atomic E-state index is 14.8. The van der Waals surface area contributed by atoms with E-state index in [4.69, 9.17) is 0 Å². The van der Waals surface area contributed by atoms with Gasteiger partial charge in [-0.2, -0.15) is 0 Å². The molecule has 0 saturated carbocycles. The van der Waals surface area contributed by atoms with Gasteiger partial charge in [-0.25, -0.2) is 9.37 Å². The Labute approximate surface area is 153 Å². The Morgan fingerprint density at radius 1 is 1.12 bits per heavy atom. The maximum Gasteiger partial charge on any atom is 0.136 e. The zero-order valence-electron chi connectivity index (χ0n) is 14.3. The Bertz CT molecular complexity index is 851. The molecule has 0 unspecified atom stereocenters. The third-order valence-electron chi connectivity index (χ3n) is 5.11. The Hall–Kier alpha value is -1.91. The van der Waals surface area contributed by atoms with Gasteiger partial charge in [0.15, 0.2) is 0 Å². The van der Waals surface area contributed by atoms with E-state index in [0.29, 0.717) is 19.3 Å². The quantitative estimate of drug-likeness (QED) is 0.752. The molecular formula is C20H23ClFN3. The molecule has 0 bridgehead atoms. The standard InChI is InChI=1S/C20H22FN3.ClH/c1-15-18(6-7-19-23-12-13-24(15)19)17-4-2-16(3-5-17)14-20(21)8-10-22-11-9-20;/h2-7,12-13,22H,8-11,14H2,1H3;1H. The van der Waals surface area contributed by atoms with Gasteiger partial charge in [0.05, 0.1) is 0 Å².